The van der Waals surface area contributed by atoms with Crippen LogP contribution in [0.1, 0.15) is 0 Å². The van der Waals surface area contributed by atoms with E-state index in [1.165, 1.54) is 40.9 Å². The van der Waals surface area contributed by atoms with E-state index < -0.39 is 11.2 Å². The number of aromatic nitrogens is 4. The summed E-state index contributed by atoms with van der Waals surface area (Å²) < 4.78 is 3.75. The highest BCUT2D eigenvalue weighted by atomic mass is 32.1. The molecule has 8 nitrogen and oxygen atoms in total. The molecule has 0 radical (unpaired) electrons. The van der Waals surface area contributed by atoms with Crippen molar-refractivity contribution in [3.8, 4) is 10.4 Å². The first-order valence-electron chi connectivity index (χ1n) is 8.51. The minimum Gasteiger partial charge on any atom is -0.316 e. The number of hydrogen-bond acceptors (Lipinski definition) is 5. The number of hydrogen-bond donors (Lipinski definition) is 1. The van der Waals surface area contributed by atoms with Crippen LogP contribution in [0, 0.1) is 0 Å². The highest BCUT2D eigenvalue weighted by Crippen LogP contribution is 2.31. The molecule has 0 bridgehead atoms. The third-order valence-electron chi connectivity index (χ3n) is 4.46. The maximum absolute atomic E-state index is 12.5. The van der Waals surface area contributed by atoms with Crippen molar-refractivity contribution >= 4 is 33.4 Å². The third kappa shape index (κ3) is 3.05. The number of imidazole rings is 1. The predicted octanol–water partition coefficient (Wildman–Crippen LogP) is 1.80. The molecule has 1 aromatic carbocycles. The van der Waals surface area contributed by atoms with Crippen LogP contribution in [0.3, 0.4) is 0 Å². The molecular weight excluding hydrogens is 378 g/mol. The zero-order chi connectivity index (χ0) is 19.8. The maximum Gasteiger partial charge on any atom is 0.332 e. The summed E-state index contributed by atoms with van der Waals surface area (Å²) in [7, 11) is 2.94. The topological polar surface area (TPSA) is 90.9 Å². The van der Waals surface area contributed by atoms with Crippen molar-refractivity contribution in [3.63, 3.8) is 0 Å². The van der Waals surface area contributed by atoms with Crippen LogP contribution < -0.4 is 16.6 Å². The quantitative estimate of drug-likeness (QED) is 0.570. The Balaban J connectivity index is 1.58. The molecule has 3 aromatic heterocycles. The molecule has 142 valence electrons. The third-order valence-corrected chi connectivity index (χ3v) is 5.51. The monoisotopic (exact) mass is 395 g/mol. The average Bonchev–Trinajstić information content (AvgIpc) is 3.33. The van der Waals surface area contributed by atoms with Gasteiger partial charge in [0.1, 0.15) is 6.54 Å². The summed E-state index contributed by atoms with van der Waals surface area (Å²) in [5.41, 5.74) is 0.613. The molecular formula is C19H17N5O3S. The second kappa shape index (κ2) is 6.93. The lowest BCUT2D eigenvalue weighted by atomic mass is 10.2. The van der Waals surface area contributed by atoms with Gasteiger partial charge in [0, 0.05) is 19.0 Å². The van der Waals surface area contributed by atoms with Crippen molar-refractivity contribution in [2.45, 2.75) is 6.54 Å². The van der Waals surface area contributed by atoms with E-state index >= 15 is 0 Å². The lowest BCUT2D eigenvalue weighted by molar-refractivity contribution is -0.116. The molecule has 0 aliphatic rings. The predicted molar refractivity (Wildman–Crippen MR) is 109 cm³/mol. The Kier molecular flexibility index (Phi) is 4.44. The number of benzene rings is 1. The second-order valence-corrected chi connectivity index (χ2v) is 7.41. The molecule has 28 heavy (non-hydrogen) atoms. The van der Waals surface area contributed by atoms with E-state index in [1.54, 1.807) is 0 Å². The van der Waals surface area contributed by atoms with Crippen LogP contribution >= 0.6 is 11.3 Å². The van der Waals surface area contributed by atoms with Crippen molar-refractivity contribution in [1.29, 1.82) is 0 Å². The summed E-state index contributed by atoms with van der Waals surface area (Å²) in [4.78, 5) is 42.1. The number of fused-ring (bicyclic) bond motifs is 1. The molecule has 0 saturated carbocycles. The number of rotatable bonds is 4. The first-order chi connectivity index (χ1) is 13.5. The SMILES string of the molecule is Cn1c(=O)c2c(ncn2CC(=O)Nc2ccc(-c3ccccc3)s2)n(C)c1=O. The molecule has 0 saturated heterocycles. The molecule has 1 N–H and O–H groups in total. The number of thiophene rings is 1. The fraction of sp³-hybridized carbons (Fsp3) is 0.158. The molecule has 0 atom stereocenters. The van der Waals surface area contributed by atoms with Gasteiger partial charge >= 0.3 is 5.69 Å². The second-order valence-electron chi connectivity index (χ2n) is 6.33. The van der Waals surface area contributed by atoms with E-state index in [-0.39, 0.29) is 23.6 Å². The van der Waals surface area contributed by atoms with Crippen LogP contribution in [0.4, 0.5) is 5.00 Å². The molecule has 1 amide bonds. The van der Waals surface area contributed by atoms with Crippen LogP contribution in [0.15, 0.2) is 58.4 Å². The van der Waals surface area contributed by atoms with Crippen LogP contribution in [0.5, 0.6) is 0 Å². The number of nitrogens with one attached hydrogen (secondary N) is 1. The summed E-state index contributed by atoms with van der Waals surface area (Å²) >= 11 is 1.47. The van der Waals surface area contributed by atoms with Crippen molar-refractivity contribution in [1.82, 2.24) is 18.7 Å². The molecule has 9 heteroatoms. The minimum absolute atomic E-state index is 0.0808. The number of carbonyl (C=O) groups is 1. The lowest BCUT2D eigenvalue weighted by Crippen LogP contribution is -2.37. The molecule has 0 aliphatic heterocycles. The molecule has 0 unspecified atom stereocenters. The number of amides is 1. The van der Waals surface area contributed by atoms with Crippen LogP contribution in [-0.2, 0) is 25.4 Å². The van der Waals surface area contributed by atoms with Gasteiger partial charge in [-0.3, -0.25) is 18.7 Å². The van der Waals surface area contributed by atoms with Gasteiger partial charge in [0.2, 0.25) is 5.91 Å². The van der Waals surface area contributed by atoms with E-state index in [0.717, 1.165) is 15.0 Å². The minimum atomic E-state index is -0.481. The van der Waals surface area contributed by atoms with E-state index in [2.05, 4.69) is 10.3 Å². The smallest absolute Gasteiger partial charge is 0.316 e. The molecule has 0 fully saturated rings. The fourth-order valence-corrected chi connectivity index (χ4v) is 3.94. The Hall–Kier alpha value is -3.46. The summed E-state index contributed by atoms with van der Waals surface area (Å²) in [6, 6.07) is 13.7. The lowest BCUT2D eigenvalue weighted by Gasteiger charge is -2.07. The zero-order valence-corrected chi connectivity index (χ0v) is 16.1. The number of nitrogens with zero attached hydrogens (tertiary/aromatic N) is 4. The summed E-state index contributed by atoms with van der Waals surface area (Å²) in [6.07, 6.45) is 1.40. The highest BCUT2D eigenvalue weighted by molar-refractivity contribution is 7.19. The Morgan fingerprint density at radius 3 is 2.57 bits per heavy atom. The largest absolute Gasteiger partial charge is 0.332 e. The molecule has 0 spiro atoms. The Bertz CT molecular complexity index is 1300. The van der Waals surface area contributed by atoms with Crippen LogP contribution in [0.25, 0.3) is 21.6 Å². The summed E-state index contributed by atoms with van der Waals surface area (Å²) in [5.74, 6) is -0.281. The first-order valence-corrected chi connectivity index (χ1v) is 9.33. The van der Waals surface area contributed by atoms with Crippen molar-refractivity contribution < 1.29 is 4.79 Å². The van der Waals surface area contributed by atoms with Crippen molar-refractivity contribution in [2.24, 2.45) is 14.1 Å². The fourth-order valence-electron chi connectivity index (χ4n) is 3.01. The number of aryl methyl sites for hydroxylation is 1. The first kappa shape index (κ1) is 17.9. The van der Waals surface area contributed by atoms with Gasteiger partial charge in [0.05, 0.1) is 11.3 Å². The van der Waals surface area contributed by atoms with Gasteiger partial charge in [0.15, 0.2) is 11.2 Å². The standard InChI is InChI=1S/C19H17N5O3S/c1-22-17-16(18(26)23(2)19(22)27)24(11-20-17)10-14(25)21-15-9-8-13(28-15)12-6-4-3-5-7-12/h3-9,11H,10H2,1-2H3,(H,21,25). The van der Waals surface area contributed by atoms with Gasteiger partial charge in [-0.1, -0.05) is 30.3 Å². The Morgan fingerprint density at radius 2 is 1.82 bits per heavy atom. The molecule has 0 aliphatic carbocycles. The Morgan fingerprint density at radius 1 is 1.07 bits per heavy atom. The van der Waals surface area contributed by atoms with Crippen LogP contribution in [-0.4, -0.2) is 24.6 Å². The zero-order valence-electron chi connectivity index (χ0n) is 15.2. The van der Waals surface area contributed by atoms with E-state index in [9.17, 15) is 14.4 Å². The van der Waals surface area contributed by atoms with E-state index in [1.807, 2.05) is 42.5 Å². The molecule has 4 rings (SSSR count). The van der Waals surface area contributed by atoms with Gasteiger partial charge in [-0.25, -0.2) is 9.78 Å². The van der Waals surface area contributed by atoms with E-state index in [4.69, 9.17) is 0 Å². The van der Waals surface area contributed by atoms with Gasteiger partial charge in [0.25, 0.3) is 5.56 Å². The number of carbonyl (C=O) groups excluding carboxylic acids is 1. The summed E-state index contributed by atoms with van der Waals surface area (Å²) in [5, 5.41) is 3.56. The summed E-state index contributed by atoms with van der Waals surface area (Å²) in [6.45, 7) is -0.0808. The molecule has 3 heterocycles. The average molecular weight is 395 g/mol. The van der Waals surface area contributed by atoms with Crippen molar-refractivity contribution in [2.75, 3.05) is 5.32 Å². The maximum atomic E-state index is 12.5. The Labute approximate surface area is 163 Å². The van der Waals surface area contributed by atoms with Crippen molar-refractivity contribution in [3.05, 3.63) is 69.6 Å². The van der Waals surface area contributed by atoms with Gasteiger partial charge in [-0.2, -0.15) is 0 Å². The normalized spacial score (nSPS) is 11.1. The van der Waals surface area contributed by atoms with Gasteiger partial charge < -0.3 is 9.88 Å². The molecule has 4 aromatic rings. The highest BCUT2D eigenvalue weighted by Gasteiger charge is 2.16. The van der Waals surface area contributed by atoms with Gasteiger partial charge in [-0.05, 0) is 17.7 Å². The van der Waals surface area contributed by atoms with Crippen LogP contribution in [0.2, 0.25) is 0 Å². The number of anilines is 1. The van der Waals surface area contributed by atoms with Gasteiger partial charge in [-0.15, -0.1) is 11.3 Å². The van der Waals surface area contributed by atoms with E-state index in [0.29, 0.717) is 5.00 Å².